The van der Waals surface area contributed by atoms with Crippen LogP contribution in [0.4, 0.5) is 5.69 Å². The summed E-state index contributed by atoms with van der Waals surface area (Å²) in [6.45, 7) is 0. The monoisotopic (exact) mass is 339 g/mol. The maximum atomic E-state index is 12.4. The van der Waals surface area contributed by atoms with E-state index in [1.54, 1.807) is 0 Å². The maximum absolute atomic E-state index is 12.4. The van der Waals surface area contributed by atoms with Gasteiger partial charge in [-0.05, 0) is 49.7 Å². The first-order valence-electron chi connectivity index (χ1n) is 7.85. The molecule has 2 aliphatic rings. The molecule has 0 heterocycles. The Balaban J connectivity index is 0.00000192. The second kappa shape index (κ2) is 7.27. The van der Waals surface area contributed by atoms with Crippen LogP contribution in [0.3, 0.4) is 0 Å². The molecule has 2 aliphatic carbocycles. The van der Waals surface area contributed by atoms with Crippen molar-refractivity contribution in [1.29, 1.82) is 0 Å². The molecular weight excluding hydrogens is 318 g/mol. The lowest BCUT2D eigenvalue weighted by atomic mass is 9.67. The number of hydrogen-bond donors (Lipinski definition) is 2. The number of benzene rings is 1. The number of amides is 1. The smallest absolute Gasteiger partial charge is 0.269 e. The van der Waals surface area contributed by atoms with Gasteiger partial charge in [0.15, 0.2) is 0 Å². The van der Waals surface area contributed by atoms with Crippen molar-refractivity contribution in [3.8, 4) is 0 Å². The molecule has 0 saturated heterocycles. The number of non-ortho nitro benzene ring substituents is 1. The van der Waals surface area contributed by atoms with Crippen molar-refractivity contribution in [1.82, 2.24) is 5.32 Å². The fourth-order valence-corrected chi connectivity index (χ4v) is 3.99. The Morgan fingerprint density at radius 1 is 1.17 bits per heavy atom. The second-order valence-electron chi connectivity index (χ2n) is 6.49. The Kier molecular flexibility index (Phi) is 5.59. The summed E-state index contributed by atoms with van der Waals surface area (Å²) in [6, 6.07) is 6.20. The highest BCUT2D eigenvalue weighted by Crippen LogP contribution is 2.39. The van der Waals surface area contributed by atoms with Gasteiger partial charge in [-0.15, -0.1) is 12.4 Å². The number of nitro benzene ring substituents is 1. The zero-order chi connectivity index (χ0) is 15.7. The molecule has 1 aromatic rings. The number of fused-ring (bicyclic) bond motifs is 2. The average Bonchev–Trinajstić information content (AvgIpc) is 2.48. The van der Waals surface area contributed by atoms with Crippen LogP contribution in [0.15, 0.2) is 24.3 Å². The first-order valence-corrected chi connectivity index (χ1v) is 7.85. The summed E-state index contributed by atoms with van der Waals surface area (Å²) < 4.78 is 0. The molecule has 3 rings (SSSR count). The van der Waals surface area contributed by atoms with E-state index in [2.05, 4.69) is 5.32 Å². The minimum Gasteiger partial charge on any atom is -0.349 e. The highest BCUT2D eigenvalue weighted by molar-refractivity contribution is 5.94. The van der Waals surface area contributed by atoms with Crippen molar-refractivity contribution in [3.05, 3.63) is 39.9 Å². The molecule has 23 heavy (non-hydrogen) atoms. The van der Waals surface area contributed by atoms with E-state index >= 15 is 0 Å². The summed E-state index contributed by atoms with van der Waals surface area (Å²) in [4.78, 5) is 22.6. The predicted molar refractivity (Wildman–Crippen MR) is 89.6 cm³/mol. The van der Waals surface area contributed by atoms with Crippen molar-refractivity contribution in [2.24, 2.45) is 17.6 Å². The third-order valence-electron chi connectivity index (χ3n) is 5.01. The lowest BCUT2D eigenvalue weighted by molar-refractivity contribution is -0.384. The van der Waals surface area contributed by atoms with Gasteiger partial charge < -0.3 is 11.1 Å². The van der Waals surface area contributed by atoms with Gasteiger partial charge in [0.05, 0.1) is 4.92 Å². The lowest BCUT2D eigenvalue weighted by Crippen LogP contribution is -2.53. The van der Waals surface area contributed by atoms with Crippen molar-refractivity contribution in [3.63, 3.8) is 0 Å². The Morgan fingerprint density at radius 3 is 2.26 bits per heavy atom. The number of nitro groups is 1. The number of nitrogens with two attached hydrogens (primary N) is 1. The van der Waals surface area contributed by atoms with Crippen molar-refractivity contribution < 1.29 is 9.72 Å². The summed E-state index contributed by atoms with van der Waals surface area (Å²) in [6.07, 6.45) is 5.40. The van der Waals surface area contributed by atoms with Gasteiger partial charge in [-0.25, -0.2) is 0 Å². The van der Waals surface area contributed by atoms with Gasteiger partial charge in [-0.3, -0.25) is 14.9 Å². The minimum atomic E-state index is -0.464. The number of carbonyl (C=O) groups is 1. The standard InChI is InChI=1S/C16H21N3O3.ClH/c17-13-8-11-2-1-3-12(9-13)15(11)18-16(20)10-4-6-14(7-5-10)19(21)22;/h4-7,11-13,15H,1-3,8-9,17H2,(H,18,20);1H. The van der Waals surface area contributed by atoms with Crippen LogP contribution in [0.25, 0.3) is 0 Å². The van der Waals surface area contributed by atoms with E-state index in [-0.39, 0.29) is 36.1 Å². The molecule has 2 saturated carbocycles. The van der Waals surface area contributed by atoms with Crippen LogP contribution in [-0.4, -0.2) is 22.9 Å². The van der Waals surface area contributed by atoms with Crippen LogP contribution in [0.1, 0.15) is 42.5 Å². The molecule has 1 amide bonds. The van der Waals surface area contributed by atoms with E-state index < -0.39 is 4.92 Å². The summed E-state index contributed by atoms with van der Waals surface area (Å²) in [5.74, 6) is 0.779. The van der Waals surface area contributed by atoms with Crippen LogP contribution in [-0.2, 0) is 0 Å². The molecule has 0 spiro atoms. The average molecular weight is 340 g/mol. The van der Waals surface area contributed by atoms with E-state index in [0.29, 0.717) is 17.4 Å². The highest BCUT2D eigenvalue weighted by atomic mass is 35.5. The molecule has 3 N–H and O–H groups in total. The van der Waals surface area contributed by atoms with Gasteiger partial charge in [0.1, 0.15) is 0 Å². The molecular formula is C16H22ClN3O3. The molecule has 7 heteroatoms. The fraction of sp³-hybridized carbons (Fsp3) is 0.562. The first kappa shape index (κ1) is 17.7. The largest absolute Gasteiger partial charge is 0.349 e. The quantitative estimate of drug-likeness (QED) is 0.653. The molecule has 2 bridgehead atoms. The Morgan fingerprint density at radius 2 is 1.74 bits per heavy atom. The van der Waals surface area contributed by atoms with Gasteiger partial charge >= 0.3 is 0 Å². The Labute approximate surface area is 141 Å². The number of carbonyl (C=O) groups excluding carboxylic acids is 1. The number of rotatable bonds is 3. The van der Waals surface area contributed by atoms with Crippen LogP contribution in [0, 0.1) is 22.0 Å². The van der Waals surface area contributed by atoms with E-state index in [0.717, 1.165) is 25.7 Å². The Hall–Kier alpha value is -1.66. The van der Waals surface area contributed by atoms with E-state index in [9.17, 15) is 14.9 Å². The normalized spacial score (nSPS) is 29.3. The number of halogens is 1. The molecule has 1 aromatic carbocycles. The molecule has 2 atom stereocenters. The van der Waals surface area contributed by atoms with Crippen LogP contribution < -0.4 is 11.1 Å². The van der Waals surface area contributed by atoms with Crippen molar-refractivity contribution >= 4 is 24.0 Å². The number of nitrogens with one attached hydrogen (secondary N) is 1. The minimum absolute atomic E-state index is 0. The van der Waals surface area contributed by atoms with Gasteiger partial charge in [-0.1, -0.05) is 6.42 Å². The number of hydrogen-bond acceptors (Lipinski definition) is 4. The fourth-order valence-electron chi connectivity index (χ4n) is 3.99. The Bertz CT molecular complexity index is 564. The topological polar surface area (TPSA) is 98.3 Å². The molecule has 0 aliphatic heterocycles. The highest BCUT2D eigenvalue weighted by Gasteiger charge is 2.39. The van der Waals surface area contributed by atoms with Gasteiger partial charge in [0.25, 0.3) is 11.6 Å². The molecule has 0 radical (unpaired) electrons. The molecule has 2 fully saturated rings. The number of nitrogens with zero attached hydrogens (tertiary/aromatic N) is 1. The summed E-state index contributed by atoms with van der Waals surface area (Å²) in [7, 11) is 0. The second-order valence-corrected chi connectivity index (χ2v) is 6.49. The van der Waals surface area contributed by atoms with E-state index in [1.807, 2.05) is 0 Å². The van der Waals surface area contributed by atoms with Crippen molar-refractivity contribution in [2.75, 3.05) is 0 Å². The third kappa shape index (κ3) is 3.82. The first-order chi connectivity index (χ1) is 10.5. The van der Waals surface area contributed by atoms with E-state index in [1.165, 1.54) is 30.7 Å². The van der Waals surface area contributed by atoms with Gasteiger partial charge in [0.2, 0.25) is 0 Å². The molecule has 6 nitrogen and oxygen atoms in total. The zero-order valence-electron chi connectivity index (χ0n) is 12.8. The molecule has 0 aromatic heterocycles. The maximum Gasteiger partial charge on any atom is 0.269 e. The summed E-state index contributed by atoms with van der Waals surface area (Å²) >= 11 is 0. The predicted octanol–water partition coefficient (Wildman–Crippen LogP) is 2.65. The molecule has 2 unspecified atom stereocenters. The van der Waals surface area contributed by atoms with E-state index in [4.69, 9.17) is 5.73 Å². The van der Waals surface area contributed by atoms with Crippen LogP contribution >= 0.6 is 12.4 Å². The van der Waals surface area contributed by atoms with Gasteiger partial charge in [0, 0.05) is 29.8 Å². The van der Waals surface area contributed by atoms with Crippen LogP contribution in [0.2, 0.25) is 0 Å². The third-order valence-corrected chi connectivity index (χ3v) is 5.01. The zero-order valence-corrected chi connectivity index (χ0v) is 13.6. The van der Waals surface area contributed by atoms with Gasteiger partial charge in [-0.2, -0.15) is 0 Å². The summed E-state index contributed by atoms with van der Waals surface area (Å²) in [5, 5.41) is 13.8. The lowest BCUT2D eigenvalue weighted by Gasteiger charge is -2.45. The SMILES string of the molecule is Cl.NC1CC2CCCC(C1)C2NC(=O)c1ccc([N+](=O)[O-])cc1. The van der Waals surface area contributed by atoms with Crippen LogP contribution in [0.5, 0.6) is 0 Å². The van der Waals surface area contributed by atoms with Crippen molar-refractivity contribution in [2.45, 2.75) is 44.2 Å². The molecule has 126 valence electrons. The summed E-state index contributed by atoms with van der Waals surface area (Å²) in [5.41, 5.74) is 6.57.